The maximum absolute atomic E-state index is 13.2. The number of halogens is 2. The number of anilines is 1. The van der Waals surface area contributed by atoms with Crippen LogP contribution in [-0.4, -0.2) is 26.1 Å². The first-order chi connectivity index (χ1) is 11.0. The molecule has 0 atom stereocenters. The normalized spacial score (nSPS) is 10.5. The largest absolute Gasteiger partial charge is 0.365 e. The van der Waals surface area contributed by atoms with Gasteiger partial charge in [0.25, 0.3) is 5.91 Å². The Morgan fingerprint density at radius 3 is 2.61 bits per heavy atom. The van der Waals surface area contributed by atoms with Crippen LogP contribution in [0.25, 0.3) is 5.69 Å². The quantitative estimate of drug-likeness (QED) is 0.766. The van der Waals surface area contributed by atoms with Crippen LogP contribution in [0, 0.1) is 5.82 Å². The van der Waals surface area contributed by atoms with Gasteiger partial charge in [0.2, 0.25) is 0 Å². The summed E-state index contributed by atoms with van der Waals surface area (Å²) in [7, 11) is 0. The molecule has 7 nitrogen and oxygen atoms in total. The molecule has 1 aromatic heterocycles. The van der Waals surface area contributed by atoms with Gasteiger partial charge in [-0.05, 0) is 52.9 Å². The first kappa shape index (κ1) is 14.9. The number of nitrogens with zero attached hydrogens (tertiary/aromatic N) is 3. The summed E-state index contributed by atoms with van der Waals surface area (Å²) in [4.78, 5) is 23.5. The summed E-state index contributed by atoms with van der Waals surface area (Å²) in [5, 5.41) is 11.9. The van der Waals surface area contributed by atoms with Gasteiger partial charge >= 0.3 is 5.69 Å². The van der Waals surface area contributed by atoms with Crippen LogP contribution in [0.1, 0.15) is 10.4 Å². The Balaban J connectivity index is 1.81. The van der Waals surface area contributed by atoms with Crippen LogP contribution >= 0.6 is 11.6 Å². The van der Waals surface area contributed by atoms with Gasteiger partial charge in [0.05, 0.1) is 16.3 Å². The minimum atomic E-state index is -0.555. The second-order valence-electron chi connectivity index (χ2n) is 4.54. The van der Waals surface area contributed by atoms with Gasteiger partial charge in [-0.25, -0.2) is 14.3 Å². The molecule has 2 aromatic carbocycles. The topological polar surface area (TPSA) is 92.7 Å². The third-order valence-corrected chi connectivity index (χ3v) is 3.34. The lowest BCUT2D eigenvalue weighted by atomic mass is 10.2. The van der Waals surface area contributed by atoms with Gasteiger partial charge in [-0.3, -0.25) is 4.79 Å². The number of aromatic amines is 1. The molecule has 0 saturated carbocycles. The highest BCUT2D eigenvalue weighted by Crippen LogP contribution is 2.19. The molecule has 3 aromatic rings. The van der Waals surface area contributed by atoms with Crippen molar-refractivity contribution in [1.29, 1.82) is 0 Å². The van der Waals surface area contributed by atoms with Crippen LogP contribution in [0.5, 0.6) is 0 Å². The van der Waals surface area contributed by atoms with Crippen molar-refractivity contribution in [2.24, 2.45) is 0 Å². The fourth-order valence-corrected chi connectivity index (χ4v) is 2.13. The number of nitrogens with one attached hydrogen (secondary N) is 2. The molecule has 0 saturated heterocycles. The SMILES string of the molecule is O=C(Nc1ccc(-n2nn[nH]c2=O)cc1)c1cc(F)ccc1Cl. The number of carbonyl (C=O) groups excluding carboxylic acids is 1. The first-order valence-electron chi connectivity index (χ1n) is 6.42. The fraction of sp³-hybridized carbons (Fsp3) is 0. The van der Waals surface area contributed by atoms with E-state index in [4.69, 9.17) is 11.6 Å². The molecule has 0 spiro atoms. The van der Waals surface area contributed by atoms with Gasteiger partial charge < -0.3 is 5.32 Å². The molecule has 2 N–H and O–H groups in total. The number of benzene rings is 2. The molecule has 1 amide bonds. The predicted octanol–water partition coefficient (Wildman–Crippen LogP) is 2.00. The molecule has 116 valence electrons. The van der Waals surface area contributed by atoms with Crippen molar-refractivity contribution >= 4 is 23.2 Å². The lowest BCUT2D eigenvalue weighted by Crippen LogP contribution is -2.16. The minimum Gasteiger partial charge on any atom is -0.322 e. The van der Waals surface area contributed by atoms with Crippen LogP contribution in [0.15, 0.2) is 47.3 Å². The van der Waals surface area contributed by atoms with Gasteiger partial charge in [-0.2, -0.15) is 4.68 Å². The number of H-pyrrole nitrogens is 1. The number of carbonyl (C=O) groups is 1. The molecular formula is C14H9ClFN5O2. The molecule has 23 heavy (non-hydrogen) atoms. The molecule has 0 aliphatic rings. The number of hydrogen-bond donors (Lipinski definition) is 2. The summed E-state index contributed by atoms with van der Waals surface area (Å²) >= 11 is 5.88. The molecule has 9 heteroatoms. The maximum Gasteiger partial charge on any atom is 0.365 e. The Kier molecular flexibility index (Phi) is 3.90. The molecular weight excluding hydrogens is 325 g/mol. The van der Waals surface area contributed by atoms with Crippen molar-refractivity contribution in [2.45, 2.75) is 0 Å². The van der Waals surface area contributed by atoms with Crippen LogP contribution < -0.4 is 11.0 Å². The second kappa shape index (κ2) is 6.01. The van der Waals surface area contributed by atoms with E-state index in [0.717, 1.165) is 10.7 Å². The lowest BCUT2D eigenvalue weighted by molar-refractivity contribution is 0.102. The molecule has 3 rings (SSSR count). The molecule has 0 bridgehead atoms. The smallest absolute Gasteiger partial charge is 0.322 e. The van der Waals surface area contributed by atoms with Gasteiger partial charge in [-0.1, -0.05) is 11.6 Å². The summed E-state index contributed by atoms with van der Waals surface area (Å²) in [5.74, 6) is -1.10. The highest BCUT2D eigenvalue weighted by atomic mass is 35.5. The Morgan fingerprint density at radius 2 is 1.96 bits per heavy atom. The Bertz CT molecular complexity index is 919. The highest BCUT2D eigenvalue weighted by molar-refractivity contribution is 6.34. The van der Waals surface area contributed by atoms with Crippen molar-refractivity contribution in [3.63, 3.8) is 0 Å². The third-order valence-electron chi connectivity index (χ3n) is 3.01. The third kappa shape index (κ3) is 3.11. The second-order valence-corrected chi connectivity index (χ2v) is 4.95. The van der Waals surface area contributed by atoms with Gasteiger partial charge in [0.1, 0.15) is 5.82 Å². The Hall–Kier alpha value is -3.00. The van der Waals surface area contributed by atoms with Gasteiger partial charge in [0, 0.05) is 5.69 Å². The molecule has 0 fully saturated rings. The summed E-state index contributed by atoms with van der Waals surface area (Å²) in [6, 6.07) is 9.83. The van der Waals surface area contributed by atoms with E-state index in [0.29, 0.717) is 11.4 Å². The molecule has 0 unspecified atom stereocenters. The summed E-state index contributed by atoms with van der Waals surface area (Å²) in [6.07, 6.45) is 0. The number of amides is 1. The average Bonchev–Trinajstić information content (AvgIpc) is 2.96. The predicted molar refractivity (Wildman–Crippen MR) is 81.3 cm³/mol. The van der Waals surface area contributed by atoms with Gasteiger partial charge in [-0.15, -0.1) is 0 Å². The van der Waals surface area contributed by atoms with E-state index in [2.05, 4.69) is 20.8 Å². The Morgan fingerprint density at radius 1 is 1.22 bits per heavy atom. The average molecular weight is 334 g/mol. The number of aromatic nitrogens is 4. The highest BCUT2D eigenvalue weighted by Gasteiger charge is 2.12. The van der Waals surface area contributed by atoms with E-state index >= 15 is 0 Å². The number of tetrazole rings is 1. The van der Waals surface area contributed by atoms with E-state index in [-0.39, 0.29) is 10.6 Å². The number of rotatable bonds is 3. The monoisotopic (exact) mass is 333 g/mol. The standard InChI is InChI=1S/C14H9ClFN5O2/c15-12-6-1-8(16)7-11(12)13(22)17-9-2-4-10(5-3-9)21-14(23)18-19-20-21/h1-7H,(H,17,22)(H,18,20,23). The van der Waals surface area contributed by atoms with E-state index < -0.39 is 17.4 Å². The molecule has 1 heterocycles. The Labute approximate surface area is 133 Å². The summed E-state index contributed by atoms with van der Waals surface area (Å²) in [5.41, 5.74) is 0.484. The zero-order valence-corrected chi connectivity index (χ0v) is 12.2. The fourth-order valence-electron chi connectivity index (χ4n) is 1.92. The van der Waals surface area contributed by atoms with E-state index in [1.807, 2.05) is 0 Å². The molecule has 0 radical (unpaired) electrons. The van der Waals surface area contributed by atoms with Crippen LogP contribution in [0.3, 0.4) is 0 Å². The first-order valence-corrected chi connectivity index (χ1v) is 6.79. The number of hydrogen-bond acceptors (Lipinski definition) is 4. The van der Waals surface area contributed by atoms with Crippen LogP contribution in [-0.2, 0) is 0 Å². The minimum absolute atomic E-state index is 0.0310. The summed E-state index contributed by atoms with van der Waals surface area (Å²) < 4.78 is 14.3. The maximum atomic E-state index is 13.2. The summed E-state index contributed by atoms with van der Waals surface area (Å²) in [6.45, 7) is 0. The molecule has 0 aliphatic carbocycles. The van der Waals surface area contributed by atoms with Crippen molar-refractivity contribution in [3.8, 4) is 5.69 Å². The zero-order valence-electron chi connectivity index (χ0n) is 11.5. The van der Waals surface area contributed by atoms with Crippen LogP contribution in [0.4, 0.5) is 10.1 Å². The van der Waals surface area contributed by atoms with E-state index in [9.17, 15) is 14.0 Å². The van der Waals surface area contributed by atoms with Crippen molar-refractivity contribution in [3.05, 3.63) is 69.4 Å². The van der Waals surface area contributed by atoms with Crippen molar-refractivity contribution in [1.82, 2.24) is 20.2 Å². The van der Waals surface area contributed by atoms with E-state index in [1.165, 1.54) is 12.1 Å². The van der Waals surface area contributed by atoms with E-state index in [1.54, 1.807) is 24.3 Å². The lowest BCUT2D eigenvalue weighted by Gasteiger charge is -2.07. The van der Waals surface area contributed by atoms with Crippen molar-refractivity contribution in [2.75, 3.05) is 5.32 Å². The van der Waals surface area contributed by atoms with Crippen molar-refractivity contribution < 1.29 is 9.18 Å². The molecule has 0 aliphatic heterocycles. The van der Waals surface area contributed by atoms with Gasteiger partial charge in [0.15, 0.2) is 0 Å². The zero-order chi connectivity index (χ0) is 16.4. The van der Waals surface area contributed by atoms with Crippen LogP contribution in [0.2, 0.25) is 5.02 Å².